The number of likely N-dealkylation sites (tertiary alicyclic amines) is 1. The Morgan fingerprint density at radius 1 is 1.33 bits per heavy atom. The molecule has 0 radical (unpaired) electrons. The average Bonchev–Trinajstić information content (AvgIpc) is 2.50. The fourth-order valence-corrected chi connectivity index (χ4v) is 3.02. The zero-order chi connectivity index (χ0) is 15.2. The molecule has 21 heavy (non-hydrogen) atoms. The molecule has 0 aliphatic carbocycles. The highest BCUT2D eigenvalue weighted by Gasteiger charge is 2.21. The maximum Gasteiger partial charge on any atom is 0.253 e. The zero-order valence-corrected chi connectivity index (χ0v) is 13.2. The number of nitrogens with two attached hydrogens (primary N) is 1. The minimum atomic E-state index is 0.123. The van der Waals surface area contributed by atoms with Crippen LogP contribution < -0.4 is 5.73 Å². The summed E-state index contributed by atoms with van der Waals surface area (Å²) < 4.78 is 0. The van der Waals surface area contributed by atoms with E-state index >= 15 is 0 Å². The van der Waals surface area contributed by atoms with Gasteiger partial charge in [0.15, 0.2) is 0 Å². The lowest BCUT2D eigenvalue weighted by Gasteiger charge is -2.31. The van der Waals surface area contributed by atoms with E-state index in [-0.39, 0.29) is 5.91 Å². The first kappa shape index (κ1) is 16.0. The van der Waals surface area contributed by atoms with Gasteiger partial charge in [0.05, 0.1) is 0 Å². The Morgan fingerprint density at radius 2 is 2.00 bits per heavy atom. The third-order valence-corrected chi connectivity index (χ3v) is 4.38. The van der Waals surface area contributed by atoms with E-state index in [1.807, 2.05) is 36.2 Å². The second-order valence-corrected chi connectivity index (χ2v) is 6.13. The van der Waals surface area contributed by atoms with E-state index in [2.05, 4.69) is 11.9 Å². The summed E-state index contributed by atoms with van der Waals surface area (Å²) in [5, 5.41) is 0. The van der Waals surface area contributed by atoms with Crippen LogP contribution in [-0.2, 0) is 6.42 Å². The Hall–Kier alpha value is -1.39. The average molecular weight is 289 g/mol. The van der Waals surface area contributed by atoms with Crippen LogP contribution in [-0.4, -0.2) is 56.0 Å². The molecule has 4 nitrogen and oxygen atoms in total. The van der Waals surface area contributed by atoms with Gasteiger partial charge in [0.1, 0.15) is 0 Å². The van der Waals surface area contributed by atoms with Crippen LogP contribution in [0.1, 0.15) is 28.8 Å². The summed E-state index contributed by atoms with van der Waals surface area (Å²) >= 11 is 0. The molecule has 1 fully saturated rings. The molecule has 2 N–H and O–H groups in total. The molecule has 1 aliphatic rings. The predicted molar refractivity (Wildman–Crippen MR) is 86.4 cm³/mol. The molecule has 0 aromatic heterocycles. The first-order chi connectivity index (χ1) is 10.1. The lowest BCUT2D eigenvalue weighted by Crippen LogP contribution is -2.38. The Bertz CT molecular complexity index is 467. The van der Waals surface area contributed by atoms with Crippen molar-refractivity contribution in [2.45, 2.75) is 19.3 Å². The molecule has 0 bridgehead atoms. The molecule has 1 aromatic rings. The van der Waals surface area contributed by atoms with Gasteiger partial charge in [-0.2, -0.15) is 0 Å². The highest BCUT2D eigenvalue weighted by Crippen LogP contribution is 2.19. The molecule has 1 heterocycles. The van der Waals surface area contributed by atoms with Gasteiger partial charge in [0.25, 0.3) is 5.91 Å². The van der Waals surface area contributed by atoms with Crippen LogP contribution in [0.15, 0.2) is 24.3 Å². The number of carbonyl (C=O) groups is 1. The standard InChI is InChI=1S/C17H27N3O/c1-19-11-8-14(9-12-19)13-20(2)17(21)16-6-4-3-5-15(16)7-10-18/h3-6,14H,7-13,18H2,1-2H3. The summed E-state index contributed by atoms with van der Waals surface area (Å²) in [4.78, 5) is 16.9. The highest BCUT2D eigenvalue weighted by molar-refractivity contribution is 5.95. The van der Waals surface area contributed by atoms with Gasteiger partial charge in [-0.05, 0) is 63.5 Å². The van der Waals surface area contributed by atoms with Crippen molar-refractivity contribution in [2.75, 3.05) is 40.3 Å². The molecule has 1 saturated heterocycles. The number of carbonyl (C=O) groups excluding carboxylic acids is 1. The Labute approximate surface area is 127 Å². The van der Waals surface area contributed by atoms with Crippen molar-refractivity contribution < 1.29 is 4.79 Å². The van der Waals surface area contributed by atoms with E-state index in [0.717, 1.165) is 37.2 Å². The van der Waals surface area contributed by atoms with E-state index in [9.17, 15) is 4.79 Å². The van der Waals surface area contributed by atoms with E-state index in [1.54, 1.807) is 0 Å². The first-order valence-electron chi connectivity index (χ1n) is 7.83. The second kappa shape index (κ2) is 7.57. The van der Waals surface area contributed by atoms with Crippen molar-refractivity contribution in [3.63, 3.8) is 0 Å². The lowest BCUT2D eigenvalue weighted by molar-refractivity contribution is 0.0746. The van der Waals surface area contributed by atoms with E-state index in [1.165, 1.54) is 12.8 Å². The lowest BCUT2D eigenvalue weighted by atomic mass is 9.96. The molecule has 1 aliphatic heterocycles. The zero-order valence-electron chi connectivity index (χ0n) is 13.2. The molecule has 4 heteroatoms. The number of hydrogen-bond acceptors (Lipinski definition) is 3. The van der Waals surface area contributed by atoms with Crippen LogP contribution in [0, 0.1) is 5.92 Å². The smallest absolute Gasteiger partial charge is 0.253 e. The van der Waals surface area contributed by atoms with E-state index in [0.29, 0.717) is 12.5 Å². The van der Waals surface area contributed by atoms with Gasteiger partial charge in [-0.1, -0.05) is 18.2 Å². The topological polar surface area (TPSA) is 49.6 Å². The van der Waals surface area contributed by atoms with Gasteiger partial charge >= 0.3 is 0 Å². The predicted octanol–water partition coefficient (Wildman–Crippen LogP) is 1.60. The largest absolute Gasteiger partial charge is 0.341 e. The van der Waals surface area contributed by atoms with Gasteiger partial charge in [-0.15, -0.1) is 0 Å². The van der Waals surface area contributed by atoms with Crippen molar-refractivity contribution in [2.24, 2.45) is 11.7 Å². The van der Waals surface area contributed by atoms with Crippen LogP contribution in [0.2, 0.25) is 0 Å². The molecule has 116 valence electrons. The molecule has 0 saturated carbocycles. The molecular formula is C17H27N3O. The summed E-state index contributed by atoms with van der Waals surface area (Å²) in [6.07, 6.45) is 3.11. The first-order valence-corrected chi connectivity index (χ1v) is 7.83. The Kier molecular flexibility index (Phi) is 5.76. The number of nitrogens with zero attached hydrogens (tertiary/aromatic N) is 2. The van der Waals surface area contributed by atoms with Crippen LogP contribution >= 0.6 is 0 Å². The highest BCUT2D eigenvalue weighted by atomic mass is 16.2. The third-order valence-electron chi connectivity index (χ3n) is 4.38. The number of amides is 1. The van der Waals surface area contributed by atoms with Gasteiger partial charge in [0, 0.05) is 19.2 Å². The van der Waals surface area contributed by atoms with Gasteiger partial charge in [-0.3, -0.25) is 4.79 Å². The summed E-state index contributed by atoms with van der Waals surface area (Å²) in [6, 6.07) is 7.82. The Balaban J connectivity index is 1.99. The fourth-order valence-electron chi connectivity index (χ4n) is 3.02. The van der Waals surface area contributed by atoms with Gasteiger partial charge in [0.2, 0.25) is 0 Å². The normalized spacial score (nSPS) is 16.9. The van der Waals surface area contributed by atoms with Crippen molar-refractivity contribution in [3.8, 4) is 0 Å². The molecular weight excluding hydrogens is 262 g/mol. The third kappa shape index (κ3) is 4.29. The Morgan fingerprint density at radius 3 is 2.67 bits per heavy atom. The van der Waals surface area contributed by atoms with Crippen molar-refractivity contribution in [3.05, 3.63) is 35.4 Å². The maximum atomic E-state index is 12.7. The minimum absolute atomic E-state index is 0.123. The summed E-state index contributed by atoms with van der Waals surface area (Å²) in [6.45, 7) is 3.69. The monoisotopic (exact) mass is 289 g/mol. The van der Waals surface area contributed by atoms with Crippen LogP contribution in [0.5, 0.6) is 0 Å². The summed E-state index contributed by atoms with van der Waals surface area (Å²) in [7, 11) is 4.08. The number of benzene rings is 1. The summed E-state index contributed by atoms with van der Waals surface area (Å²) in [5.74, 6) is 0.745. The molecule has 0 unspecified atom stereocenters. The van der Waals surface area contributed by atoms with Crippen molar-refractivity contribution in [1.29, 1.82) is 0 Å². The van der Waals surface area contributed by atoms with Crippen LogP contribution in [0.4, 0.5) is 0 Å². The van der Waals surface area contributed by atoms with Gasteiger partial charge in [-0.25, -0.2) is 0 Å². The number of piperidine rings is 1. The van der Waals surface area contributed by atoms with Crippen molar-refractivity contribution in [1.82, 2.24) is 9.80 Å². The molecule has 1 amide bonds. The minimum Gasteiger partial charge on any atom is -0.341 e. The van der Waals surface area contributed by atoms with E-state index < -0.39 is 0 Å². The molecule has 2 rings (SSSR count). The maximum absolute atomic E-state index is 12.7. The van der Waals surface area contributed by atoms with E-state index in [4.69, 9.17) is 5.73 Å². The number of rotatable bonds is 5. The fraction of sp³-hybridized carbons (Fsp3) is 0.588. The molecule has 1 aromatic carbocycles. The second-order valence-electron chi connectivity index (χ2n) is 6.13. The number of hydrogen-bond donors (Lipinski definition) is 1. The van der Waals surface area contributed by atoms with Crippen LogP contribution in [0.25, 0.3) is 0 Å². The van der Waals surface area contributed by atoms with Crippen molar-refractivity contribution >= 4 is 5.91 Å². The molecule has 0 spiro atoms. The summed E-state index contributed by atoms with van der Waals surface area (Å²) in [5.41, 5.74) is 7.50. The SMILES string of the molecule is CN1CCC(CN(C)C(=O)c2ccccc2CCN)CC1. The van der Waals surface area contributed by atoms with Gasteiger partial charge < -0.3 is 15.5 Å². The quantitative estimate of drug-likeness (QED) is 0.896. The molecule has 0 atom stereocenters. The van der Waals surface area contributed by atoms with Crippen LogP contribution in [0.3, 0.4) is 0 Å².